The van der Waals surface area contributed by atoms with E-state index >= 15 is 0 Å². The zero-order chi connectivity index (χ0) is 17.8. The topological polar surface area (TPSA) is 76.8 Å². The van der Waals surface area contributed by atoms with Crippen molar-refractivity contribution < 1.29 is 9.66 Å². The quantitative estimate of drug-likeness (QED) is 0.376. The van der Waals surface area contributed by atoms with Gasteiger partial charge in [0.1, 0.15) is 5.75 Å². The summed E-state index contributed by atoms with van der Waals surface area (Å²) in [4.78, 5) is 10.4. The van der Waals surface area contributed by atoms with E-state index in [4.69, 9.17) is 4.74 Å². The van der Waals surface area contributed by atoms with Gasteiger partial charge in [0, 0.05) is 6.07 Å². The molecule has 0 saturated carbocycles. The molecule has 0 bridgehead atoms. The summed E-state index contributed by atoms with van der Waals surface area (Å²) >= 11 is 0. The molecule has 0 fully saturated rings. The molecule has 6 heteroatoms. The fourth-order valence-corrected chi connectivity index (χ4v) is 2.95. The van der Waals surface area contributed by atoms with Gasteiger partial charge < -0.3 is 4.74 Å². The minimum atomic E-state index is -0.443. The molecule has 6 nitrogen and oxygen atoms in total. The van der Waals surface area contributed by atoms with Gasteiger partial charge in [-0.15, -0.1) is 0 Å². The van der Waals surface area contributed by atoms with Gasteiger partial charge in [-0.1, -0.05) is 18.2 Å². The van der Waals surface area contributed by atoms with Crippen molar-refractivity contribution in [2.24, 2.45) is 5.10 Å². The summed E-state index contributed by atoms with van der Waals surface area (Å²) in [5.74, 6) is 0.430. The van der Waals surface area contributed by atoms with Crippen LogP contribution in [0.3, 0.4) is 0 Å². The number of nitro benzene ring substituents is 1. The maximum absolute atomic E-state index is 10.8. The van der Waals surface area contributed by atoms with E-state index in [9.17, 15) is 10.1 Å². The van der Waals surface area contributed by atoms with Crippen molar-refractivity contribution in [3.05, 3.63) is 69.3 Å². The van der Waals surface area contributed by atoms with E-state index in [0.717, 1.165) is 24.1 Å². The Labute approximate surface area is 146 Å². The maximum Gasteiger partial charge on any atom is 0.273 e. The van der Waals surface area contributed by atoms with Crippen molar-refractivity contribution in [1.29, 1.82) is 0 Å². The predicted molar refractivity (Wildman–Crippen MR) is 97.0 cm³/mol. The van der Waals surface area contributed by atoms with Gasteiger partial charge >= 0.3 is 0 Å². The number of hydrazone groups is 1. The highest BCUT2D eigenvalue weighted by Gasteiger charge is 2.12. The highest BCUT2D eigenvalue weighted by Crippen LogP contribution is 2.23. The molecule has 2 aromatic carbocycles. The number of hydrogen-bond donors (Lipinski definition) is 1. The highest BCUT2D eigenvalue weighted by molar-refractivity contribution is 5.98. The number of nitrogens with zero attached hydrogens (tertiary/aromatic N) is 2. The van der Waals surface area contributed by atoms with E-state index in [1.165, 1.54) is 29.7 Å². The van der Waals surface area contributed by atoms with Crippen LogP contribution < -0.4 is 10.2 Å². The van der Waals surface area contributed by atoms with Gasteiger partial charge in [-0.3, -0.25) is 15.5 Å². The molecule has 0 unspecified atom stereocenters. The SMILES string of the molecule is C/C(=N/N[C@H](C)Oc1cccc([N+](=O)[O-])c1)c1ccc2c(c1)CCC2. The van der Waals surface area contributed by atoms with Crippen molar-refractivity contribution in [1.82, 2.24) is 5.43 Å². The molecule has 25 heavy (non-hydrogen) atoms. The Bertz CT molecular complexity index is 817. The molecule has 0 heterocycles. The first-order valence-electron chi connectivity index (χ1n) is 8.36. The van der Waals surface area contributed by atoms with Gasteiger partial charge in [0.25, 0.3) is 5.69 Å². The zero-order valence-corrected chi connectivity index (χ0v) is 14.4. The Morgan fingerprint density at radius 3 is 2.84 bits per heavy atom. The third-order valence-electron chi connectivity index (χ3n) is 4.27. The van der Waals surface area contributed by atoms with Crippen molar-refractivity contribution in [3.8, 4) is 5.75 Å². The Morgan fingerprint density at radius 1 is 1.24 bits per heavy atom. The second kappa shape index (κ2) is 7.34. The van der Waals surface area contributed by atoms with Crippen LogP contribution in [0.2, 0.25) is 0 Å². The first-order chi connectivity index (χ1) is 12.0. The van der Waals surface area contributed by atoms with Gasteiger partial charge in [-0.2, -0.15) is 5.10 Å². The lowest BCUT2D eigenvalue weighted by Crippen LogP contribution is -2.28. The second-order valence-corrected chi connectivity index (χ2v) is 6.18. The van der Waals surface area contributed by atoms with E-state index in [2.05, 4.69) is 28.7 Å². The summed E-state index contributed by atoms with van der Waals surface area (Å²) in [5, 5.41) is 15.2. The average Bonchev–Trinajstić information content (AvgIpc) is 3.07. The number of benzene rings is 2. The van der Waals surface area contributed by atoms with E-state index in [1.807, 2.05) is 6.92 Å². The summed E-state index contributed by atoms with van der Waals surface area (Å²) in [7, 11) is 0. The first-order valence-corrected chi connectivity index (χ1v) is 8.36. The molecule has 0 amide bonds. The molecular weight excluding hydrogens is 318 g/mol. The molecule has 0 radical (unpaired) electrons. The van der Waals surface area contributed by atoms with Crippen LogP contribution in [0.25, 0.3) is 0 Å². The van der Waals surface area contributed by atoms with Crippen LogP contribution in [0, 0.1) is 10.1 Å². The van der Waals surface area contributed by atoms with Crippen molar-refractivity contribution in [2.75, 3.05) is 0 Å². The largest absolute Gasteiger partial charge is 0.469 e. The molecule has 0 aliphatic heterocycles. The first kappa shape index (κ1) is 17.0. The Morgan fingerprint density at radius 2 is 2.04 bits per heavy atom. The number of rotatable bonds is 6. The molecular formula is C19H21N3O3. The van der Waals surface area contributed by atoms with Gasteiger partial charge in [-0.05, 0) is 61.9 Å². The van der Waals surface area contributed by atoms with Crippen LogP contribution in [-0.4, -0.2) is 16.9 Å². The van der Waals surface area contributed by atoms with Gasteiger partial charge in [0.15, 0.2) is 6.23 Å². The van der Waals surface area contributed by atoms with Crippen molar-refractivity contribution in [2.45, 2.75) is 39.3 Å². The molecule has 0 saturated heterocycles. The van der Waals surface area contributed by atoms with Gasteiger partial charge in [-0.25, -0.2) is 0 Å². The van der Waals surface area contributed by atoms with Crippen LogP contribution in [0.5, 0.6) is 5.75 Å². The molecule has 2 aromatic rings. The second-order valence-electron chi connectivity index (χ2n) is 6.18. The summed E-state index contributed by atoms with van der Waals surface area (Å²) in [6.07, 6.45) is 3.11. The Hall–Kier alpha value is -2.89. The van der Waals surface area contributed by atoms with Gasteiger partial charge in [0.2, 0.25) is 0 Å². The molecule has 1 aliphatic carbocycles. The Kier molecular flexibility index (Phi) is 4.97. The molecule has 0 spiro atoms. The van der Waals surface area contributed by atoms with Crippen molar-refractivity contribution >= 4 is 11.4 Å². The predicted octanol–water partition coefficient (Wildman–Crippen LogP) is 3.82. The molecule has 1 N–H and O–H groups in total. The number of ether oxygens (including phenoxy) is 1. The number of fused-ring (bicyclic) bond motifs is 1. The summed E-state index contributed by atoms with van der Waals surface area (Å²) in [6, 6.07) is 12.6. The number of hydrogen-bond acceptors (Lipinski definition) is 5. The number of nitro groups is 1. The van der Waals surface area contributed by atoms with Crippen LogP contribution in [0.4, 0.5) is 5.69 Å². The lowest BCUT2D eigenvalue weighted by molar-refractivity contribution is -0.384. The monoisotopic (exact) mass is 339 g/mol. The number of nitrogens with one attached hydrogen (secondary N) is 1. The molecule has 130 valence electrons. The third-order valence-corrected chi connectivity index (χ3v) is 4.27. The zero-order valence-electron chi connectivity index (χ0n) is 14.4. The smallest absolute Gasteiger partial charge is 0.273 e. The van der Waals surface area contributed by atoms with Gasteiger partial charge in [0.05, 0.1) is 16.7 Å². The van der Waals surface area contributed by atoms with E-state index < -0.39 is 11.2 Å². The minimum absolute atomic E-state index is 0.00234. The fourth-order valence-electron chi connectivity index (χ4n) is 2.95. The maximum atomic E-state index is 10.8. The minimum Gasteiger partial charge on any atom is -0.469 e. The standard InChI is InChI=1S/C19H21N3O3/c1-13(16-10-9-15-5-3-6-17(15)11-16)20-21-14(2)25-19-8-4-7-18(12-19)22(23)24/h4,7-12,14,21H,3,5-6H2,1-2H3/b20-13-/t14-/m0/s1. The number of non-ortho nitro benzene ring substituents is 1. The lowest BCUT2D eigenvalue weighted by atomic mass is 10.0. The third kappa shape index (κ3) is 4.15. The fraction of sp³-hybridized carbons (Fsp3) is 0.316. The molecule has 3 rings (SSSR count). The number of aryl methyl sites for hydroxylation is 2. The molecule has 1 atom stereocenters. The Balaban J connectivity index is 1.62. The summed E-state index contributed by atoms with van der Waals surface area (Å²) in [5.41, 5.74) is 7.76. The van der Waals surface area contributed by atoms with E-state index in [1.54, 1.807) is 19.1 Å². The van der Waals surface area contributed by atoms with E-state index in [-0.39, 0.29) is 5.69 Å². The lowest BCUT2D eigenvalue weighted by Gasteiger charge is -2.15. The van der Waals surface area contributed by atoms with Crippen LogP contribution in [0.1, 0.15) is 37.0 Å². The highest BCUT2D eigenvalue weighted by atomic mass is 16.6. The van der Waals surface area contributed by atoms with E-state index in [0.29, 0.717) is 5.75 Å². The summed E-state index contributed by atoms with van der Waals surface area (Å²) < 4.78 is 5.64. The molecule has 0 aromatic heterocycles. The summed E-state index contributed by atoms with van der Waals surface area (Å²) in [6.45, 7) is 3.75. The van der Waals surface area contributed by atoms with Crippen LogP contribution in [0.15, 0.2) is 47.6 Å². The van der Waals surface area contributed by atoms with Crippen LogP contribution in [-0.2, 0) is 12.8 Å². The normalized spacial score (nSPS) is 14.7. The van der Waals surface area contributed by atoms with Crippen LogP contribution >= 0.6 is 0 Å². The van der Waals surface area contributed by atoms with Crippen molar-refractivity contribution in [3.63, 3.8) is 0 Å². The molecule has 1 aliphatic rings. The average molecular weight is 339 g/mol.